The molecule has 3 atom stereocenters. The van der Waals surface area contributed by atoms with Gasteiger partial charge in [0.25, 0.3) is 0 Å². The molecule has 2 aliphatic heterocycles. The number of hydrogen-bond acceptors (Lipinski definition) is 1. The number of halogens is 1. The van der Waals surface area contributed by atoms with Crippen LogP contribution < -0.4 is 0 Å². The van der Waals surface area contributed by atoms with E-state index in [1.165, 1.54) is 0 Å². The molecule has 0 saturated carbocycles. The van der Waals surface area contributed by atoms with Crippen molar-refractivity contribution in [2.24, 2.45) is 11.8 Å². The summed E-state index contributed by atoms with van der Waals surface area (Å²) in [5.41, 5.74) is 1.04. The van der Waals surface area contributed by atoms with Gasteiger partial charge in [0.15, 0.2) is 0 Å². The molecule has 1 aliphatic carbocycles. The van der Waals surface area contributed by atoms with Crippen LogP contribution in [0.25, 0.3) is 0 Å². The molecule has 1 nitrogen and oxygen atoms in total. The normalized spacial score (nSPS) is 34.5. The maximum Gasteiger partial charge on any atom is 0.105 e. The van der Waals surface area contributed by atoms with Gasteiger partial charge in [0.1, 0.15) is 5.83 Å². The predicted octanol–water partition coefficient (Wildman–Crippen LogP) is 3.46. The minimum atomic E-state index is 0.0674. The molecule has 3 aliphatic rings. The molecular weight excluding hydrogens is 179 g/mol. The largest absolute Gasteiger partial charge is 0.377 e. The Labute approximate surface area is 85.3 Å². The van der Waals surface area contributed by atoms with Gasteiger partial charge in [-0.1, -0.05) is 13.8 Å². The van der Waals surface area contributed by atoms with Crippen LogP contribution in [-0.2, 0) is 4.74 Å². The van der Waals surface area contributed by atoms with Crippen molar-refractivity contribution in [1.82, 2.24) is 0 Å². The van der Waals surface area contributed by atoms with Crippen LogP contribution in [0.2, 0.25) is 0 Å². The van der Waals surface area contributed by atoms with E-state index in [0.717, 1.165) is 31.3 Å². The van der Waals surface area contributed by atoms with Crippen molar-refractivity contribution in [3.63, 3.8) is 0 Å². The van der Waals surface area contributed by atoms with Gasteiger partial charge in [0.05, 0.1) is 12.7 Å². The molecular formula is C12H19FO. The van der Waals surface area contributed by atoms with Crippen molar-refractivity contribution < 1.29 is 9.13 Å². The van der Waals surface area contributed by atoms with Crippen LogP contribution in [0.1, 0.15) is 39.5 Å². The minimum absolute atomic E-state index is 0.0674. The average Bonchev–Trinajstić information content (AvgIpc) is 2.47. The zero-order valence-corrected chi connectivity index (χ0v) is 9.05. The van der Waals surface area contributed by atoms with Gasteiger partial charge in [-0.2, -0.15) is 0 Å². The lowest BCUT2D eigenvalue weighted by molar-refractivity contribution is -0.00200. The first-order valence-corrected chi connectivity index (χ1v) is 5.72. The third-order valence-electron chi connectivity index (χ3n) is 3.69. The summed E-state index contributed by atoms with van der Waals surface area (Å²) in [5, 5.41) is 0. The standard InChI is InChI=1S/C12H19FO/c1-3-8(2)11-6-10-5-4-9(7-14-10)12(11)13/h8-10H,3-7H2,1-2H3. The van der Waals surface area contributed by atoms with Crippen LogP contribution in [0.5, 0.6) is 0 Å². The van der Waals surface area contributed by atoms with E-state index < -0.39 is 0 Å². The van der Waals surface area contributed by atoms with Gasteiger partial charge < -0.3 is 4.74 Å². The minimum Gasteiger partial charge on any atom is -0.377 e. The van der Waals surface area contributed by atoms with Gasteiger partial charge in [0.2, 0.25) is 0 Å². The Morgan fingerprint density at radius 2 is 2.29 bits per heavy atom. The predicted molar refractivity (Wildman–Crippen MR) is 54.7 cm³/mol. The van der Waals surface area contributed by atoms with Gasteiger partial charge in [-0.15, -0.1) is 0 Å². The summed E-state index contributed by atoms with van der Waals surface area (Å²) >= 11 is 0. The lowest BCUT2D eigenvalue weighted by Gasteiger charge is -2.23. The lowest BCUT2D eigenvalue weighted by atomic mass is 9.92. The fraction of sp³-hybridized carbons (Fsp3) is 0.833. The highest BCUT2D eigenvalue weighted by molar-refractivity contribution is 5.18. The Kier molecular flexibility index (Phi) is 2.91. The Bertz CT molecular complexity index is 239. The SMILES string of the molecule is CCC(C)C1=C(F)C2CCC(C1)OC2. The topological polar surface area (TPSA) is 9.23 Å². The van der Waals surface area contributed by atoms with E-state index in [1.807, 2.05) is 0 Å². The smallest absolute Gasteiger partial charge is 0.105 e. The Morgan fingerprint density at radius 1 is 1.50 bits per heavy atom. The van der Waals surface area contributed by atoms with Crippen LogP contribution in [0.3, 0.4) is 0 Å². The molecule has 1 fully saturated rings. The molecule has 0 amide bonds. The van der Waals surface area contributed by atoms with E-state index in [4.69, 9.17) is 4.74 Å². The Hall–Kier alpha value is -0.370. The first-order chi connectivity index (χ1) is 6.72. The van der Waals surface area contributed by atoms with Crippen molar-refractivity contribution in [2.45, 2.75) is 45.6 Å². The monoisotopic (exact) mass is 198 g/mol. The lowest BCUT2D eigenvalue weighted by Crippen LogP contribution is -2.22. The molecule has 0 aromatic carbocycles. The average molecular weight is 198 g/mol. The highest BCUT2D eigenvalue weighted by Gasteiger charge is 2.33. The van der Waals surface area contributed by atoms with Gasteiger partial charge in [0, 0.05) is 5.92 Å². The molecule has 0 radical (unpaired) electrons. The van der Waals surface area contributed by atoms with Crippen molar-refractivity contribution in [3.8, 4) is 0 Å². The summed E-state index contributed by atoms with van der Waals surface area (Å²) in [4.78, 5) is 0. The molecule has 1 saturated heterocycles. The van der Waals surface area contributed by atoms with Gasteiger partial charge in [-0.05, 0) is 37.2 Å². The molecule has 0 aromatic rings. The summed E-state index contributed by atoms with van der Waals surface area (Å²) in [5.74, 6) is 0.608. The molecule has 80 valence electrons. The van der Waals surface area contributed by atoms with Gasteiger partial charge in [-0.25, -0.2) is 4.39 Å². The maximum absolute atomic E-state index is 14.0. The van der Waals surface area contributed by atoms with Crippen molar-refractivity contribution in [3.05, 3.63) is 11.4 Å². The summed E-state index contributed by atoms with van der Waals surface area (Å²) < 4.78 is 19.7. The fourth-order valence-corrected chi connectivity index (χ4v) is 2.45. The molecule has 2 heterocycles. The second kappa shape index (κ2) is 4.01. The number of rotatable bonds is 2. The van der Waals surface area contributed by atoms with Crippen LogP contribution in [-0.4, -0.2) is 12.7 Å². The van der Waals surface area contributed by atoms with Crippen molar-refractivity contribution >= 4 is 0 Å². The van der Waals surface area contributed by atoms with E-state index in [1.54, 1.807) is 0 Å². The highest BCUT2D eigenvalue weighted by Crippen LogP contribution is 2.39. The molecule has 2 bridgehead atoms. The summed E-state index contributed by atoms with van der Waals surface area (Å²) in [6, 6.07) is 0. The van der Waals surface area contributed by atoms with Crippen LogP contribution in [0.15, 0.2) is 11.4 Å². The van der Waals surface area contributed by atoms with E-state index in [9.17, 15) is 4.39 Å². The van der Waals surface area contributed by atoms with Crippen LogP contribution >= 0.6 is 0 Å². The Morgan fingerprint density at radius 3 is 2.86 bits per heavy atom. The van der Waals surface area contributed by atoms with Crippen molar-refractivity contribution in [1.29, 1.82) is 0 Å². The van der Waals surface area contributed by atoms with E-state index in [-0.39, 0.29) is 11.7 Å². The molecule has 3 rings (SSSR count). The molecule has 0 spiro atoms. The maximum atomic E-state index is 14.0. The molecule has 14 heavy (non-hydrogen) atoms. The van der Waals surface area contributed by atoms with E-state index in [2.05, 4.69) is 13.8 Å². The third kappa shape index (κ3) is 1.72. The first-order valence-electron chi connectivity index (χ1n) is 5.72. The summed E-state index contributed by atoms with van der Waals surface area (Å²) in [6.45, 7) is 4.86. The summed E-state index contributed by atoms with van der Waals surface area (Å²) in [6.07, 6.45) is 4.18. The number of ether oxygens (including phenoxy) is 1. The zero-order valence-electron chi connectivity index (χ0n) is 9.05. The second-order valence-electron chi connectivity index (χ2n) is 4.62. The molecule has 2 heteroatoms. The van der Waals surface area contributed by atoms with Gasteiger partial charge in [-0.3, -0.25) is 0 Å². The van der Waals surface area contributed by atoms with E-state index in [0.29, 0.717) is 18.6 Å². The first kappa shape index (κ1) is 10.2. The number of fused-ring (bicyclic) bond motifs is 3. The molecule has 0 N–H and O–H groups in total. The third-order valence-corrected chi connectivity index (χ3v) is 3.69. The van der Waals surface area contributed by atoms with Crippen LogP contribution in [0.4, 0.5) is 4.39 Å². The van der Waals surface area contributed by atoms with Crippen LogP contribution in [0, 0.1) is 11.8 Å². The Balaban J connectivity index is 2.24. The second-order valence-corrected chi connectivity index (χ2v) is 4.62. The quantitative estimate of drug-likeness (QED) is 0.660. The fourth-order valence-electron chi connectivity index (χ4n) is 2.45. The number of hydrogen-bond donors (Lipinski definition) is 0. The van der Waals surface area contributed by atoms with Gasteiger partial charge >= 0.3 is 0 Å². The zero-order chi connectivity index (χ0) is 10.1. The molecule has 0 aromatic heterocycles. The molecule has 3 unspecified atom stereocenters. The highest BCUT2D eigenvalue weighted by atomic mass is 19.1. The van der Waals surface area contributed by atoms with Crippen molar-refractivity contribution in [2.75, 3.05) is 6.61 Å². The summed E-state index contributed by atoms with van der Waals surface area (Å²) in [7, 11) is 0. The van der Waals surface area contributed by atoms with E-state index >= 15 is 0 Å².